The van der Waals surface area contributed by atoms with Crippen molar-refractivity contribution in [3.63, 3.8) is 0 Å². The van der Waals surface area contributed by atoms with Crippen molar-refractivity contribution < 1.29 is 14.3 Å². The van der Waals surface area contributed by atoms with Gasteiger partial charge in [-0.15, -0.1) is 11.3 Å². The number of anilines is 5. The molecule has 2 amide bonds. The van der Waals surface area contributed by atoms with Gasteiger partial charge in [-0.2, -0.15) is 4.98 Å². The largest absolute Gasteiger partial charge is 0.491 e. The Balaban J connectivity index is 1.33. The minimum atomic E-state index is -0.195. The minimum Gasteiger partial charge on any atom is -0.491 e. The first kappa shape index (κ1) is 25.2. The number of nitrogens with one attached hydrogen (secondary N) is 3. The van der Waals surface area contributed by atoms with Crippen molar-refractivity contribution in [2.75, 3.05) is 55.4 Å². The summed E-state index contributed by atoms with van der Waals surface area (Å²) in [6.07, 6.45) is 4.55. The van der Waals surface area contributed by atoms with Crippen LogP contribution in [0.1, 0.15) is 28.9 Å². The van der Waals surface area contributed by atoms with Gasteiger partial charge in [-0.3, -0.25) is 14.5 Å². The van der Waals surface area contributed by atoms with Crippen LogP contribution in [0, 0.1) is 0 Å². The Morgan fingerprint density at radius 2 is 1.97 bits per heavy atom. The van der Waals surface area contributed by atoms with Crippen LogP contribution >= 0.6 is 22.9 Å². The van der Waals surface area contributed by atoms with Gasteiger partial charge < -0.3 is 25.6 Å². The summed E-state index contributed by atoms with van der Waals surface area (Å²) in [5.74, 6) is 1.22. The predicted molar refractivity (Wildman–Crippen MR) is 146 cm³/mol. The third kappa shape index (κ3) is 5.79. The molecule has 0 saturated carbocycles. The number of carbonyl (C=O) groups excluding carboxylic acids is 2. The highest BCUT2D eigenvalue weighted by atomic mass is 35.5. The Kier molecular flexibility index (Phi) is 7.73. The molecule has 2 aromatic heterocycles. The van der Waals surface area contributed by atoms with Gasteiger partial charge in [0, 0.05) is 25.3 Å². The molecule has 5 rings (SSSR count). The summed E-state index contributed by atoms with van der Waals surface area (Å²) >= 11 is 7.65. The highest BCUT2D eigenvalue weighted by Crippen LogP contribution is 2.35. The number of ether oxygens (including phenoxy) is 1. The number of nitrogens with zero attached hydrogens (tertiary/aromatic N) is 4. The number of aromatic nitrogens is 2. The zero-order chi connectivity index (χ0) is 25.8. The molecule has 1 aromatic carbocycles. The number of thiophene rings is 1. The fraction of sp³-hybridized carbons (Fsp3) is 0.360. The fourth-order valence-electron chi connectivity index (χ4n) is 4.40. The number of hydrogen-bond acceptors (Lipinski definition) is 9. The Morgan fingerprint density at radius 1 is 1.14 bits per heavy atom. The highest BCUT2D eigenvalue weighted by Gasteiger charge is 2.25. The van der Waals surface area contributed by atoms with Gasteiger partial charge in [-0.1, -0.05) is 11.6 Å². The van der Waals surface area contributed by atoms with Crippen LogP contribution in [0.3, 0.4) is 0 Å². The zero-order valence-corrected chi connectivity index (χ0v) is 22.0. The monoisotopic (exact) mass is 541 g/mol. The number of hydrogen-bond donors (Lipinski definition) is 3. The second kappa shape index (κ2) is 11.3. The van der Waals surface area contributed by atoms with Crippen LogP contribution in [0.5, 0.6) is 5.75 Å². The van der Waals surface area contributed by atoms with Crippen molar-refractivity contribution in [3.05, 3.63) is 45.7 Å². The summed E-state index contributed by atoms with van der Waals surface area (Å²) in [6, 6.07) is 7.41. The number of carbonyl (C=O) groups is 2. The molecule has 1 saturated heterocycles. The SMILES string of the molecule is CNC(=O)c1sccc1Nc1nc(Nc2ccc3c(c2)OCCCN3C(=O)CN2CCCC2)ncc1Cl. The van der Waals surface area contributed by atoms with E-state index in [0.29, 0.717) is 58.5 Å². The van der Waals surface area contributed by atoms with Gasteiger partial charge in [0.25, 0.3) is 5.91 Å². The third-order valence-corrected chi connectivity index (χ3v) is 7.43. The average Bonchev–Trinajstić information content (AvgIpc) is 3.53. The van der Waals surface area contributed by atoms with Crippen LogP contribution in [-0.2, 0) is 4.79 Å². The molecule has 37 heavy (non-hydrogen) atoms. The molecule has 0 unspecified atom stereocenters. The second-order valence-electron chi connectivity index (χ2n) is 8.80. The van der Waals surface area contributed by atoms with Crippen LogP contribution in [0.15, 0.2) is 35.8 Å². The second-order valence-corrected chi connectivity index (χ2v) is 10.1. The molecule has 0 bridgehead atoms. The molecule has 3 N–H and O–H groups in total. The fourth-order valence-corrected chi connectivity index (χ4v) is 5.33. The molecule has 1 fully saturated rings. The van der Waals surface area contributed by atoms with Crippen LogP contribution < -0.4 is 25.6 Å². The summed E-state index contributed by atoms with van der Waals surface area (Å²) in [5, 5.41) is 11.1. The van der Waals surface area contributed by atoms with E-state index in [2.05, 4.69) is 30.8 Å². The number of rotatable bonds is 7. The first-order chi connectivity index (χ1) is 18.0. The van der Waals surface area contributed by atoms with E-state index in [0.717, 1.165) is 38.0 Å². The van der Waals surface area contributed by atoms with Gasteiger partial charge in [0.1, 0.15) is 15.6 Å². The van der Waals surface area contributed by atoms with Gasteiger partial charge in [0.15, 0.2) is 5.82 Å². The molecule has 0 spiro atoms. The van der Waals surface area contributed by atoms with Crippen molar-refractivity contribution in [2.24, 2.45) is 0 Å². The molecule has 4 heterocycles. The van der Waals surface area contributed by atoms with Crippen LogP contribution in [0.4, 0.5) is 28.8 Å². The van der Waals surface area contributed by atoms with Gasteiger partial charge in [0.2, 0.25) is 11.9 Å². The molecular formula is C25H28ClN7O3S. The molecule has 0 atom stereocenters. The average molecular weight is 542 g/mol. The maximum atomic E-state index is 13.1. The Hall–Kier alpha value is -3.41. The minimum absolute atomic E-state index is 0.0932. The van der Waals surface area contributed by atoms with E-state index in [-0.39, 0.29) is 11.8 Å². The van der Waals surface area contributed by atoms with Crippen molar-refractivity contribution in [2.45, 2.75) is 19.3 Å². The lowest BCUT2D eigenvalue weighted by atomic mass is 10.2. The highest BCUT2D eigenvalue weighted by molar-refractivity contribution is 7.12. The Morgan fingerprint density at radius 3 is 2.78 bits per heavy atom. The number of fused-ring (bicyclic) bond motifs is 1. The van der Waals surface area contributed by atoms with E-state index >= 15 is 0 Å². The first-order valence-electron chi connectivity index (χ1n) is 12.2. The Labute approximate surface area is 224 Å². The van der Waals surface area contributed by atoms with Crippen molar-refractivity contribution in [1.82, 2.24) is 20.2 Å². The Bertz CT molecular complexity index is 1300. The standard InChI is InChI=1S/C25H28ClN7O3S/c1-27-24(35)22-18(7-12-37-22)30-23-17(26)14-28-25(31-23)29-16-5-6-19-20(13-16)36-11-4-10-33(19)21(34)15-32-8-2-3-9-32/h5-7,12-14H,2-4,8-11,15H2,1H3,(H,27,35)(H2,28,29,30,31). The molecule has 2 aliphatic heterocycles. The summed E-state index contributed by atoms with van der Waals surface area (Å²) in [5.41, 5.74) is 2.08. The molecule has 10 nitrogen and oxygen atoms in total. The molecule has 194 valence electrons. The summed E-state index contributed by atoms with van der Waals surface area (Å²) < 4.78 is 5.98. The van der Waals surface area contributed by atoms with E-state index in [1.54, 1.807) is 13.1 Å². The number of benzene rings is 1. The first-order valence-corrected chi connectivity index (χ1v) is 13.4. The van der Waals surface area contributed by atoms with E-state index in [1.165, 1.54) is 17.5 Å². The van der Waals surface area contributed by atoms with Gasteiger partial charge in [0.05, 0.1) is 30.7 Å². The molecule has 12 heteroatoms. The summed E-state index contributed by atoms with van der Waals surface area (Å²) in [4.78, 5) is 38.5. The lowest BCUT2D eigenvalue weighted by Crippen LogP contribution is -2.39. The molecular weight excluding hydrogens is 514 g/mol. The molecule has 0 aliphatic carbocycles. The molecule has 3 aromatic rings. The third-order valence-electron chi connectivity index (χ3n) is 6.24. The summed E-state index contributed by atoms with van der Waals surface area (Å²) in [6.45, 7) is 3.54. The van der Waals surface area contributed by atoms with Gasteiger partial charge in [-0.05, 0) is 55.9 Å². The van der Waals surface area contributed by atoms with Crippen LogP contribution in [0.2, 0.25) is 5.02 Å². The van der Waals surface area contributed by atoms with Crippen LogP contribution in [-0.4, -0.2) is 66.5 Å². The van der Waals surface area contributed by atoms with Gasteiger partial charge >= 0.3 is 0 Å². The number of amides is 2. The topological polar surface area (TPSA) is 112 Å². The quantitative estimate of drug-likeness (QED) is 0.407. The molecule has 2 aliphatic rings. The van der Waals surface area contributed by atoms with Crippen molar-refractivity contribution in [3.8, 4) is 5.75 Å². The summed E-state index contributed by atoms with van der Waals surface area (Å²) in [7, 11) is 1.58. The van der Waals surface area contributed by atoms with Crippen molar-refractivity contribution in [1.29, 1.82) is 0 Å². The van der Waals surface area contributed by atoms with E-state index in [9.17, 15) is 9.59 Å². The normalized spacial score (nSPS) is 15.5. The zero-order valence-electron chi connectivity index (χ0n) is 20.4. The van der Waals surface area contributed by atoms with E-state index in [1.807, 2.05) is 28.5 Å². The number of likely N-dealkylation sites (tertiary alicyclic amines) is 1. The van der Waals surface area contributed by atoms with E-state index in [4.69, 9.17) is 16.3 Å². The maximum Gasteiger partial charge on any atom is 0.263 e. The van der Waals surface area contributed by atoms with E-state index < -0.39 is 0 Å². The maximum absolute atomic E-state index is 13.1. The smallest absolute Gasteiger partial charge is 0.263 e. The lowest BCUT2D eigenvalue weighted by molar-refractivity contribution is -0.119. The lowest BCUT2D eigenvalue weighted by Gasteiger charge is -2.25. The van der Waals surface area contributed by atoms with Crippen LogP contribution in [0.25, 0.3) is 0 Å². The van der Waals surface area contributed by atoms with Gasteiger partial charge in [-0.25, -0.2) is 4.98 Å². The van der Waals surface area contributed by atoms with Crippen molar-refractivity contribution >= 4 is 63.6 Å². The molecule has 0 radical (unpaired) electrons. The predicted octanol–water partition coefficient (Wildman–Crippen LogP) is 4.25. The number of halogens is 1.